The number of nitrogens with one attached hydrogen (secondary N) is 1. The summed E-state index contributed by atoms with van der Waals surface area (Å²) < 4.78 is 23.5. The molecule has 0 spiro atoms. The summed E-state index contributed by atoms with van der Waals surface area (Å²) in [5.41, 5.74) is 3.88. The Balaban J connectivity index is 1.66. The maximum atomic E-state index is 11.7. The molecule has 0 aliphatic carbocycles. The highest BCUT2D eigenvalue weighted by Gasteiger charge is 2.11. The molecule has 0 unspecified atom stereocenters. The molecule has 4 rings (SSSR count). The van der Waals surface area contributed by atoms with Crippen molar-refractivity contribution in [3.8, 4) is 11.4 Å². The van der Waals surface area contributed by atoms with Crippen LogP contribution >= 0.6 is 0 Å². The molecule has 0 radical (unpaired) electrons. The average Bonchev–Trinajstić information content (AvgIpc) is 2.77. The van der Waals surface area contributed by atoms with E-state index in [2.05, 4.69) is 39.5 Å². The van der Waals surface area contributed by atoms with Crippen molar-refractivity contribution >= 4 is 32.2 Å². The Hall–Kier alpha value is -3.45. The highest BCUT2D eigenvalue weighted by atomic mass is 32.2. The van der Waals surface area contributed by atoms with Gasteiger partial charge in [-0.2, -0.15) is 0 Å². The first kappa shape index (κ1) is 20.8. The van der Waals surface area contributed by atoms with Crippen molar-refractivity contribution in [2.24, 2.45) is 0 Å². The van der Waals surface area contributed by atoms with E-state index in [-0.39, 0.29) is 4.90 Å². The SMILES string of the molecule is CN(C)c1ccc(CNc2nc(-c3ccc(S(C)(=O)=O)cc3)nc3ccccc23)cc1. The predicted molar refractivity (Wildman–Crippen MR) is 126 cm³/mol. The van der Waals surface area contributed by atoms with Gasteiger partial charge in [0.1, 0.15) is 5.82 Å². The van der Waals surface area contributed by atoms with Gasteiger partial charge in [-0.25, -0.2) is 18.4 Å². The molecule has 1 aromatic heterocycles. The third-order valence-electron chi connectivity index (χ3n) is 5.06. The van der Waals surface area contributed by atoms with Crippen LogP contribution in [0, 0.1) is 0 Å². The summed E-state index contributed by atoms with van der Waals surface area (Å²) in [6.07, 6.45) is 1.20. The quantitative estimate of drug-likeness (QED) is 0.487. The lowest BCUT2D eigenvalue weighted by Crippen LogP contribution is -2.09. The van der Waals surface area contributed by atoms with Gasteiger partial charge in [0.2, 0.25) is 0 Å². The number of aromatic nitrogens is 2. The van der Waals surface area contributed by atoms with Crippen LogP contribution in [-0.4, -0.2) is 38.7 Å². The topological polar surface area (TPSA) is 75.2 Å². The molecule has 6 nitrogen and oxygen atoms in total. The number of hydrogen-bond donors (Lipinski definition) is 1. The molecule has 1 heterocycles. The fraction of sp³-hybridized carbons (Fsp3) is 0.167. The Morgan fingerprint density at radius 2 is 1.55 bits per heavy atom. The summed E-state index contributed by atoms with van der Waals surface area (Å²) in [6.45, 7) is 0.626. The first-order valence-electron chi connectivity index (χ1n) is 9.89. The first-order valence-corrected chi connectivity index (χ1v) is 11.8. The molecule has 0 saturated heterocycles. The first-order chi connectivity index (χ1) is 14.8. The highest BCUT2D eigenvalue weighted by molar-refractivity contribution is 7.90. The lowest BCUT2D eigenvalue weighted by Gasteiger charge is -2.14. The predicted octanol–water partition coefficient (Wildman–Crippen LogP) is 4.38. The number of sulfone groups is 1. The summed E-state index contributed by atoms with van der Waals surface area (Å²) in [5.74, 6) is 1.29. The smallest absolute Gasteiger partial charge is 0.175 e. The highest BCUT2D eigenvalue weighted by Crippen LogP contribution is 2.26. The number of benzene rings is 3. The van der Waals surface area contributed by atoms with Crippen molar-refractivity contribution in [3.05, 3.63) is 78.4 Å². The molecular weight excluding hydrogens is 408 g/mol. The fourth-order valence-electron chi connectivity index (χ4n) is 3.29. The van der Waals surface area contributed by atoms with Crippen LogP contribution in [0.3, 0.4) is 0 Å². The molecule has 0 aliphatic rings. The molecule has 7 heteroatoms. The monoisotopic (exact) mass is 432 g/mol. The van der Waals surface area contributed by atoms with E-state index < -0.39 is 9.84 Å². The number of fused-ring (bicyclic) bond motifs is 1. The Morgan fingerprint density at radius 3 is 2.19 bits per heavy atom. The van der Waals surface area contributed by atoms with Gasteiger partial charge in [-0.15, -0.1) is 0 Å². The number of para-hydroxylation sites is 1. The molecule has 0 atom stereocenters. The van der Waals surface area contributed by atoms with Gasteiger partial charge in [-0.05, 0) is 54.1 Å². The Bertz CT molecular complexity index is 1320. The van der Waals surface area contributed by atoms with Crippen LogP contribution in [0.25, 0.3) is 22.3 Å². The van der Waals surface area contributed by atoms with Crippen molar-refractivity contribution < 1.29 is 8.42 Å². The molecule has 31 heavy (non-hydrogen) atoms. The van der Waals surface area contributed by atoms with E-state index in [4.69, 9.17) is 4.98 Å². The van der Waals surface area contributed by atoms with Crippen LogP contribution in [0.15, 0.2) is 77.7 Å². The van der Waals surface area contributed by atoms with Gasteiger partial charge in [0.15, 0.2) is 15.7 Å². The van der Waals surface area contributed by atoms with Crippen LogP contribution in [0.5, 0.6) is 0 Å². The Kier molecular flexibility index (Phi) is 5.61. The van der Waals surface area contributed by atoms with Crippen molar-refractivity contribution in [1.82, 2.24) is 9.97 Å². The molecule has 0 saturated carbocycles. The largest absolute Gasteiger partial charge is 0.378 e. The number of hydrogen-bond acceptors (Lipinski definition) is 6. The zero-order chi connectivity index (χ0) is 22.0. The summed E-state index contributed by atoms with van der Waals surface area (Å²) in [4.78, 5) is 11.8. The maximum absolute atomic E-state index is 11.7. The summed E-state index contributed by atoms with van der Waals surface area (Å²) in [7, 11) is 0.788. The van der Waals surface area contributed by atoms with E-state index in [1.807, 2.05) is 38.4 Å². The van der Waals surface area contributed by atoms with Crippen LogP contribution in [0.2, 0.25) is 0 Å². The Morgan fingerprint density at radius 1 is 0.871 bits per heavy atom. The van der Waals surface area contributed by atoms with Crippen molar-refractivity contribution in [1.29, 1.82) is 0 Å². The van der Waals surface area contributed by atoms with Crippen LogP contribution in [0.4, 0.5) is 11.5 Å². The van der Waals surface area contributed by atoms with E-state index in [0.29, 0.717) is 12.4 Å². The normalized spacial score (nSPS) is 11.5. The number of anilines is 2. The molecule has 3 aromatic carbocycles. The van der Waals surface area contributed by atoms with Crippen LogP contribution in [-0.2, 0) is 16.4 Å². The second-order valence-electron chi connectivity index (χ2n) is 7.62. The third-order valence-corrected chi connectivity index (χ3v) is 6.19. The van der Waals surface area contributed by atoms with Gasteiger partial charge in [0, 0.05) is 43.5 Å². The van der Waals surface area contributed by atoms with Gasteiger partial charge in [0.05, 0.1) is 10.4 Å². The van der Waals surface area contributed by atoms with Gasteiger partial charge in [-0.1, -0.05) is 24.3 Å². The standard InChI is InChI=1S/C24H24N4O2S/c1-28(2)19-12-8-17(9-13-19)16-25-24-21-6-4-5-7-22(21)26-23(27-24)18-10-14-20(15-11-18)31(3,29)30/h4-15H,16H2,1-3H3,(H,25,26,27). The van der Waals surface area contributed by atoms with Gasteiger partial charge in [-0.3, -0.25) is 0 Å². The molecule has 1 N–H and O–H groups in total. The summed E-state index contributed by atoms with van der Waals surface area (Å²) in [5, 5.41) is 4.37. The summed E-state index contributed by atoms with van der Waals surface area (Å²) in [6, 6.07) is 22.9. The summed E-state index contributed by atoms with van der Waals surface area (Å²) >= 11 is 0. The number of nitrogens with zero attached hydrogens (tertiary/aromatic N) is 3. The van der Waals surface area contributed by atoms with E-state index >= 15 is 0 Å². The second-order valence-corrected chi connectivity index (χ2v) is 9.64. The molecule has 0 amide bonds. The third kappa shape index (κ3) is 4.67. The minimum absolute atomic E-state index is 0.275. The van der Waals surface area contributed by atoms with Gasteiger partial charge >= 0.3 is 0 Å². The van der Waals surface area contributed by atoms with E-state index in [0.717, 1.165) is 33.5 Å². The lowest BCUT2D eigenvalue weighted by atomic mass is 10.1. The van der Waals surface area contributed by atoms with Crippen molar-refractivity contribution in [3.63, 3.8) is 0 Å². The number of rotatable bonds is 6. The molecule has 158 valence electrons. The maximum Gasteiger partial charge on any atom is 0.175 e. The lowest BCUT2D eigenvalue weighted by molar-refractivity contribution is 0.602. The Labute approximate surface area is 182 Å². The zero-order valence-corrected chi connectivity index (χ0v) is 18.5. The zero-order valence-electron chi connectivity index (χ0n) is 17.7. The fourth-order valence-corrected chi connectivity index (χ4v) is 3.92. The van der Waals surface area contributed by atoms with Crippen LogP contribution < -0.4 is 10.2 Å². The van der Waals surface area contributed by atoms with Crippen molar-refractivity contribution in [2.45, 2.75) is 11.4 Å². The van der Waals surface area contributed by atoms with E-state index in [1.165, 1.54) is 6.26 Å². The van der Waals surface area contributed by atoms with Crippen molar-refractivity contribution in [2.75, 3.05) is 30.6 Å². The molecule has 0 fully saturated rings. The minimum atomic E-state index is -3.25. The molecule has 0 bridgehead atoms. The second kappa shape index (κ2) is 8.35. The van der Waals surface area contributed by atoms with E-state index in [1.54, 1.807) is 24.3 Å². The molecule has 0 aliphatic heterocycles. The van der Waals surface area contributed by atoms with Gasteiger partial charge < -0.3 is 10.2 Å². The van der Waals surface area contributed by atoms with E-state index in [9.17, 15) is 8.42 Å². The average molecular weight is 433 g/mol. The van der Waals surface area contributed by atoms with Gasteiger partial charge in [0.25, 0.3) is 0 Å². The van der Waals surface area contributed by atoms with Crippen LogP contribution in [0.1, 0.15) is 5.56 Å². The molecular formula is C24H24N4O2S. The molecule has 4 aromatic rings. The minimum Gasteiger partial charge on any atom is -0.378 e.